The molecule has 28 heavy (non-hydrogen) atoms. The van der Waals surface area contributed by atoms with E-state index in [1.165, 1.54) is 0 Å². The van der Waals surface area contributed by atoms with Gasteiger partial charge in [0.05, 0.1) is 18.5 Å². The molecule has 0 aliphatic carbocycles. The van der Waals surface area contributed by atoms with Crippen LogP contribution in [0.5, 0.6) is 11.5 Å². The van der Waals surface area contributed by atoms with Crippen molar-refractivity contribution in [3.63, 3.8) is 0 Å². The van der Waals surface area contributed by atoms with E-state index < -0.39 is 0 Å². The Labute approximate surface area is 163 Å². The van der Waals surface area contributed by atoms with E-state index in [2.05, 4.69) is 5.32 Å². The predicted octanol–water partition coefficient (Wildman–Crippen LogP) is 3.01. The van der Waals surface area contributed by atoms with Crippen LogP contribution < -0.4 is 20.3 Å². The molecule has 0 unspecified atom stereocenters. The number of rotatable bonds is 7. The van der Waals surface area contributed by atoms with Crippen LogP contribution in [0, 0.1) is 18.3 Å². The maximum absolute atomic E-state index is 13.0. The molecule has 0 fully saturated rings. The molecule has 3 rings (SSSR count). The van der Waals surface area contributed by atoms with Crippen molar-refractivity contribution >= 4 is 5.69 Å². The van der Waals surface area contributed by atoms with E-state index in [9.17, 15) is 4.79 Å². The van der Waals surface area contributed by atoms with Crippen LogP contribution in [-0.4, -0.2) is 23.1 Å². The SMILES string of the molecule is COc1cccc(CNc2c(C)n(C)n(-c3ccccc3)c2=O)c1OCC#N. The fourth-order valence-electron chi connectivity index (χ4n) is 3.08. The van der Waals surface area contributed by atoms with Gasteiger partial charge in [0.2, 0.25) is 0 Å². The van der Waals surface area contributed by atoms with Gasteiger partial charge in [-0.25, -0.2) is 4.68 Å². The fraction of sp³-hybridized carbons (Fsp3) is 0.238. The number of hydrogen-bond donors (Lipinski definition) is 1. The highest BCUT2D eigenvalue weighted by Crippen LogP contribution is 2.31. The molecule has 0 radical (unpaired) electrons. The third-order valence-corrected chi connectivity index (χ3v) is 4.57. The number of nitrogens with zero attached hydrogens (tertiary/aromatic N) is 3. The Hall–Kier alpha value is -3.66. The lowest BCUT2D eigenvalue weighted by atomic mass is 10.1. The van der Waals surface area contributed by atoms with Gasteiger partial charge in [-0.1, -0.05) is 30.3 Å². The van der Waals surface area contributed by atoms with Crippen molar-refractivity contribution in [2.24, 2.45) is 7.05 Å². The number of benzene rings is 2. The van der Waals surface area contributed by atoms with Crippen molar-refractivity contribution in [1.29, 1.82) is 5.26 Å². The average Bonchev–Trinajstić information content (AvgIpc) is 2.93. The standard InChI is InChI=1S/C21H22N4O3/c1-15-19(21(26)25(24(15)2)17-9-5-4-6-10-17)23-14-16-8-7-11-18(27-3)20(16)28-13-12-22/h4-11,23H,13-14H2,1-3H3. The molecule has 1 N–H and O–H groups in total. The lowest BCUT2D eigenvalue weighted by Crippen LogP contribution is -2.21. The minimum atomic E-state index is -0.131. The van der Waals surface area contributed by atoms with Crippen LogP contribution in [0.1, 0.15) is 11.3 Å². The first-order valence-electron chi connectivity index (χ1n) is 8.82. The van der Waals surface area contributed by atoms with Crippen LogP contribution >= 0.6 is 0 Å². The molecular formula is C21H22N4O3. The van der Waals surface area contributed by atoms with Crippen molar-refractivity contribution in [3.05, 3.63) is 70.1 Å². The third-order valence-electron chi connectivity index (χ3n) is 4.57. The summed E-state index contributed by atoms with van der Waals surface area (Å²) in [7, 11) is 3.40. The highest BCUT2D eigenvalue weighted by Gasteiger charge is 2.17. The molecule has 7 nitrogen and oxygen atoms in total. The topological polar surface area (TPSA) is 81.2 Å². The number of para-hydroxylation sites is 2. The molecule has 1 heterocycles. The Morgan fingerprint density at radius 2 is 1.89 bits per heavy atom. The molecule has 0 aliphatic heterocycles. The zero-order valence-corrected chi connectivity index (χ0v) is 16.1. The summed E-state index contributed by atoms with van der Waals surface area (Å²) in [6, 6.07) is 16.9. The first-order valence-corrected chi connectivity index (χ1v) is 8.82. The van der Waals surface area contributed by atoms with Gasteiger partial charge in [0.15, 0.2) is 18.1 Å². The molecular weight excluding hydrogens is 356 g/mol. The Balaban J connectivity index is 1.93. The van der Waals surface area contributed by atoms with Crippen molar-refractivity contribution < 1.29 is 9.47 Å². The molecule has 0 amide bonds. The third kappa shape index (κ3) is 3.58. The van der Waals surface area contributed by atoms with Gasteiger partial charge in [0, 0.05) is 19.2 Å². The molecule has 0 saturated carbocycles. The maximum Gasteiger partial charge on any atom is 0.295 e. The first kappa shape index (κ1) is 19.1. The monoisotopic (exact) mass is 378 g/mol. The lowest BCUT2D eigenvalue weighted by molar-refractivity contribution is 0.326. The second-order valence-corrected chi connectivity index (χ2v) is 6.19. The molecule has 3 aromatic rings. The van der Waals surface area contributed by atoms with E-state index in [0.29, 0.717) is 23.7 Å². The van der Waals surface area contributed by atoms with Gasteiger partial charge in [0.25, 0.3) is 5.56 Å². The van der Waals surface area contributed by atoms with Gasteiger partial charge < -0.3 is 14.8 Å². The normalized spacial score (nSPS) is 10.4. The molecule has 144 valence electrons. The average molecular weight is 378 g/mol. The Bertz CT molecular complexity index is 1060. The van der Waals surface area contributed by atoms with Gasteiger partial charge in [-0.05, 0) is 25.1 Å². The number of nitriles is 1. The molecule has 2 aromatic carbocycles. The number of nitrogens with one attached hydrogen (secondary N) is 1. The van der Waals surface area contributed by atoms with Gasteiger partial charge in [-0.3, -0.25) is 9.48 Å². The van der Waals surface area contributed by atoms with Crippen LogP contribution in [-0.2, 0) is 13.6 Å². The van der Waals surface area contributed by atoms with E-state index in [0.717, 1.165) is 16.9 Å². The van der Waals surface area contributed by atoms with Crippen LogP contribution in [0.2, 0.25) is 0 Å². The summed E-state index contributed by atoms with van der Waals surface area (Å²) in [4.78, 5) is 13.0. The van der Waals surface area contributed by atoms with E-state index in [-0.39, 0.29) is 12.2 Å². The van der Waals surface area contributed by atoms with E-state index in [4.69, 9.17) is 14.7 Å². The maximum atomic E-state index is 13.0. The van der Waals surface area contributed by atoms with Crippen molar-refractivity contribution in [1.82, 2.24) is 9.36 Å². The zero-order valence-electron chi connectivity index (χ0n) is 16.1. The summed E-state index contributed by atoms with van der Waals surface area (Å²) in [5.74, 6) is 1.04. The van der Waals surface area contributed by atoms with Gasteiger partial charge >= 0.3 is 0 Å². The van der Waals surface area contributed by atoms with E-state index in [1.54, 1.807) is 17.9 Å². The minimum Gasteiger partial charge on any atom is -0.493 e. The fourth-order valence-corrected chi connectivity index (χ4v) is 3.08. The number of methoxy groups -OCH3 is 1. The van der Waals surface area contributed by atoms with Gasteiger partial charge in [-0.15, -0.1) is 0 Å². The molecule has 0 spiro atoms. The largest absolute Gasteiger partial charge is 0.493 e. The Kier molecular flexibility index (Phi) is 5.70. The summed E-state index contributed by atoms with van der Waals surface area (Å²) in [6.07, 6.45) is 0. The highest BCUT2D eigenvalue weighted by atomic mass is 16.5. The summed E-state index contributed by atoms with van der Waals surface area (Å²) in [5.41, 5.74) is 2.79. The molecule has 7 heteroatoms. The van der Waals surface area contributed by atoms with Crippen molar-refractivity contribution in [2.45, 2.75) is 13.5 Å². The molecule has 0 saturated heterocycles. The van der Waals surface area contributed by atoms with Crippen molar-refractivity contribution in [3.8, 4) is 23.3 Å². The Morgan fingerprint density at radius 1 is 1.14 bits per heavy atom. The van der Waals surface area contributed by atoms with Crippen LogP contribution in [0.3, 0.4) is 0 Å². The smallest absolute Gasteiger partial charge is 0.295 e. The zero-order chi connectivity index (χ0) is 20.1. The predicted molar refractivity (Wildman–Crippen MR) is 107 cm³/mol. The lowest BCUT2D eigenvalue weighted by Gasteiger charge is -2.14. The first-order chi connectivity index (χ1) is 13.6. The summed E-state index contributed by atoms with van der Waals surface area (Å²) >= 11 is 0. The van der Waals surface area contributed by atoms with E-state index in [1.807, 2.05) is 67.2 Å². The Morgan fingerprint density at radius 3 is 2.57 bits per heavy atom. The quantitative estimate of drug-likeness (QED) is 0.683. The van der Waals surface area contributed by atoms with Crippen molar-refractivity contribution in [2.75, 3.05) is 19.0 Å². The minimum absolute atomic E-state index is 0.0848. The molecule has 0 bridgehead atoms. The number of aromatic nitrogens is 2. The van der Waals surface area contributed by atoms with E-state index >= 15 is 0 Å². The molecule has 1 aromatic heterocycles. The van der Waals surface area contributed by atoms with Crippen LogP contribution in [0.4, 0.5) is 5.69 Å². The van der Waals surface area contributed by atoms with Gasteiger partial charge in [0.1, 0.15) is 11.8 Å². The van der Waals surface area contributed by atoms with Crippen LogP contribution in [0.25, 0.3) is 5.69 Å². The number of anilines is 1. The number of ether oxygens (including phenoxy) is 2. The van der Waals surface area contributed by atoms with Crippen LogP contribution in [0.15, 0.2) is 53.3 Å². The molecule has 0 aliphatic rings. The summed E-state index contributed by atoms with van der Waals surface area (Å²) in [6.45, 7) is 2.16. The second kappa shape index (κ2) is 8.35. The summed E-state index contributed by atoms with van der Waals surface area (Å²) < 4.78 is 14.3. The molecule has 0 atom stereocenters. The summed E-state index contributed by atoms with van der Waals surface area (Å²) in [5, 5.41) is 12.1. The number of hydrogen-bond acceptors (Lipinski definition) is 5. The van der Waals surface area contributed by atoms with Gasteiger partial charge in [-0.2, -0.15) is 5.26 Å². The second-order valence-electron chi connectivity index (χ2n) is 6.19. The highest BCUT2D eigenvalue weighted by molar-refractivity contribution is 5.52.